The van der Waals surface area contributed by atoms with E-state index in [1.807, 2.05) is 0 Å². The van der Waals surface area contributed by atoms with E-state index in [1.54, 1.807) is 0 Å². The maximum Gasteiger partial charge on any atom is 0.482 e. The van der Waals surface area contributed by atoms with Gasteiger partial charge in [0.15, 0.2) is 10.8 Å². The summed E-state index contributed by atoms with van der Waals surface area (Å²) in [6.45, 7) is 0. The molecule has 1 aromatic rings. The lowest BCUT2D eigenvalue weighted by Crippen LogP contribution is -2.13. The first-order valence-electron chi connectivity index (χ1n) is 3.40. The molecule has 1 rings (SSSR count). The van der Waals surface area contributed by atoms with Gasteiger partial charge in [-0.1, -0.05) is 12.1 Å². The van der Waals surface area contributed by atoms with Gasteiger partial charge in [-0.15, -0.1) is 7.77 Å². The molecule has 0 saturated heterocycles. The molecule has 0 bridgehead atoms. The van der Waals surface area contributed by atoms with Crippen molar-refractivity contribution in [1.29, 1.82) is 0 Å². The van der Waals surface area contributed by atoms with Crippen LogP contribution >= 0.6 is 10.8 Å². The minimum atomic E-state index is -5.83. The number of nitrogens with two attached hydrogens (primary N) is 1. The summed E-state index contributed by atoms with van der Waals surface area (Å²) >= 11 is 0. The molecule has 0 amide bonds. The molecule has 7 heteroatoms. The van der Waals surface area contributed by atoms with Gasteiger partial charge >= 0.3 is 5.51 Å². The predicted octanol–water partition coefficient (Wildman–Crippen LogP) is 3.72. The molecule has 0 aliphatic rings. The van der Waals surface area contributed by atoms with Crippen molar-refractivity contribution in [2.75, 3.05) is 5.73 Å². The third kappa shape index (κ3) is 1.77. The summed E-state index contributed by atoms with van der Waals surface area (Å²) < 4.78 is 61.4. The minimum absolute atomic E-state index is 0.537. The zero-order valence-electron chi connectivity index (χ0n) is 6.68. The van der Waals surface area contributed by atoms with Crippen LogP contribution in [0.5, 0.6) is 0 Å². The molecule has 0 spiro atoms. The van der Waals surface area contributed by atoms with Crippen LogP contribution in [0.15, 0.2) is 29.2 Å². The highest BCUT2D eigenvalue weighted by Gasteiger charge is 2.55. The number of anilines is 1. The first-order chi connectivity index (χ1) is 6.27. The number of benzene rings is 1. The maximum atomic E-state index is 12.8. The summed E-state index contributed by atoms with van der Waals surface area (Å²) in [5.41, 5.74) is -1.03. The molecule has 0 atom stereocenters. The normalized spacial score (nSPS) is 14.1. The van der Waals surface area contributed by atoms with Crippen LogP contribution in [0.2, 0.25) is 0 Å². The number of para-hydroxylation sites is 1. The SMILES string of the molecule is Nc1ccccc1S(F)(F)C(F)(F)F. The lowest BCUT2D eigenvalue weighted by atomic mass is 10.3. The Hall–Kier alpha value is -0.980. The molecule has 0 aliphatic carbocycles. The molecule has 0 heterocycles. The van der Waals surface area contributed by atoms with Crippen molar-refractivity contribution in [3.05, 3.63) is 24.3 Å². The summed E-state index contributed by atoms with van der Waals surface area (Å²) in [5, 5.41) is 0. The van der Waals surface area contributed by atoms with Crippen LogP contribution in [0.1, 0.15) is 0 Å². The summed E-state index contributed by atoms with van der Waals surface area (Å²) in [4.78, 5) is -1.13. The number of hydrogen-bond donors (Lipinski definition) is 1. The topological polar surface area (TPSA) is 26.0 Å². The van der Waals surface area contributed by atoms with E-state index in [0.717, 1.165) is 12.1 Å². The van der Waals surface area contributed by atoms with Gasteiger partial charge in [-0.05, 0) is 12.1 Å². The lowest BCUT2D eigenvalue weighted by Gasteiger charge is -2.24. The van der Waals surface area contributed by atoms with E-state index in [-0.39, 0.29) is 0 Å². The monoisotopic (exact) mass is 231 g/mol. The van der Waals surface area contributed by atoms with E-state index >= 15 is 0 Å². The maximum absolute atomic E-state index is 12.8. The van der Waals surface area contributed by atoms with Gasteiger partial charge in [0.2, 0.25) is 0 Å². The first-order valence-corrected chi connectivity index (χ1v) is 4.83. The highest BCUT2D eigenvalue weighted by Crippen LogP contribution is 2.71. The second-order valence-electron chi connectivity index (χ2n) is 2.45. The molecule has 1 nitrogen and oxygen atoms in total. The average molecular weight is 231 g/mol. The highest BCUT2D eigenvalue weighted by atomic mass is 32.3. The molecular formula is C7H6F5NS. The number of rotatable bonds is 1. The van der Waals surface area contributed by atoms with Gasteiger partial charge in [0.1, 0.15) is 0 Å². The van der Waals surface area contributed by atoms with Gasteiger partial charge in [0, 0.05) is 5.69 Å². The van der Waals surface area contributed by atoms with Crippen molar-refractivity contribution in [3.63, 3.8) is 0 Å². The Labute approximate surface area is 78.6 Å². The number of nitrogen functional groups attached to an aromatic ring is 1. The zero-order chi connectivity index (χ0) is 11.0. The Bertz CT molecular complexity index is 335. The average Bonchev–Trinajstić information content (AvgIpc) is 2.02. The Morgan fingerprint density at radius 2 is 1.57 bits per heavy atom. The smallest absolute Gasteiger partial charge is 0.398 e. The summed E-state index contributed by atoms with van der Waals surface area (Å²) in [7, 11) is -5.83. The van der Waals surface area contributed by atoms with Crippen LogP contribution < -0.4 is 5.73 Å². The molecule has 0 aliphatic heterocycles. The molecule has 0 radical (unpaired) electrons. The summed E-state index contributed by atoms with van der Waals surface area (Å²) in [6, 6.07) is 4.10. The number of hydrogen-bond acceptors (Lipinski definition) is 1. The molecule has 0 unspecified atom stereocenters. The number of alkyl halides is 3. The molecule has 0 saturated carbocycles. The molecule has 0 aromatic heterocycles. The van der Waals surface area contributed by atoms with Gasteiger partial charge < -0.3 is 5.73 Å². The Morgan fingerprint density at radius 3 is 2.00 bits per heavy atom. The fourth-order valence-corrected chi connectivity index (χ4v) is 1.70. The molecular weight excluding hydrogens is 225 g/mol. The van der Waals surface area contributed by atoms with Crippen molar-refractivity contribution in [3.8, 4) is 0 Å². The molecule has 0 fully saturated rings. The molecule has 14 heavy (non-hydrogen) atoms. The Morgan fingerprint density at radius 1 is 1.07 bits per heavy atom. The quantitative estimate of drug-likeness (QED) is 0.578. The van der Waals surface area contributed by atoms with Gasteiger partial charge in [-0.2, -0.15) is 13.2 Å². The van der Waals surface area contributed by atoms with Crippen LogP contribution in [0.25, 0.3) is 0 Å². The zero-order valence-corrected chi connectivity index (χ0v) is 7.50. The second-order valence-corrected chi connectivity index (χ2v) is 4.29. The summed E-state index contributed by atoms with van der Waals surface area (Å²) in [5.74, 6) is 0. The van der Waals surface area contributed by atoms with E-state index in [0.29, 0.717) is 6.07 Å². The lowest BCUT2D eigenvalue weighted by molar-refractivity contribution is -0.0463. The summed E-state index contributed by atoms with van der Waals surface area (Å²) in [6.07, 6.45) is 0. The second kappa shape index (κ2) is 3.30. The predicted molar refractivity (Wildman–Crippen MR) is 45.0 cm³/mol. The number of halogens is 5. The Kier molecular flexibility index (Phi) is 2.62. The van der Waals surface area contributed by atoms with Gasteiger partial charge in [-0.25, -0.2) is 0 Å². The Balaban J connectivity index is 3.23. The fraction of sp³-hybridized carbons (Fsp3) is 0.143. The molecule has 1 aromatic carbocycles. The van der Waals surface area contributed by atoms with Crippen molar-refractivity contribution in [1.82, 2.24) is 0 Å². The van der Waals surface area contributed by atoms with Crippen LogP contribution in [-0.4, -0.2) is 5.51 Å². The standard InChI is InChI=1S/C7H6F5NS/c8-7(9,10)14(11,12)6-4-2-1-3-5(6)13/h1-4H,13H2. The van der Waals surface area contributed by atoms with Crippen LogP contribution in [0, 0.1) is 0 Å². The van der Waals surface area contributed by atoms with E-state index < -0.39 is 26.9 Å². The van der Waals surface area contributed by atoms with Gasteiger partial charge in [0.25, 0.3) is 0 Å². The van der Waals surface area contributed by atoms with E-state index in [2.05, 4.69) is 0 Å². The third-order valence-corrected chi connectivity index (χ3v) is 2.99. The van der Waals surface area contributed by atoms with Crippen LogP contribution in [-0.2, 0) is 0 Å². The fourth-order valence-electron chi connectivity index (χ4n) is 0.839. The van der Waals surface area contributed by atoms with Crippen LogP contribution in [0.4, 0.5) is 26.6 Å². The minimum Gasteiger partial charge on any atom is -0.398 e. The van der Waals surface area contributed by atoms with E-state index in [1.165, 1.54) is 6.07 Å². The van der Waals surface area contributed by atoms with E-state index in [4.69, 9.17) is 5.73 Å². The molecule has 80 valence electrons. The largest absolute Gasteiger partial charge is 0.482 e. The van der Waals surface area contributed by atoms with Crippen molar-refractivity contribution < 1.29 is 20.9 Å². The van der Waals surface area contributed by atoms with Crippen molar-refractivity contribution >= 4 is 16.5 Å². The van der Waals surface area contributed by atoms with Crippen molar-refractivity contribution in [2.24, 2.45) is 0 Å². The highest BCUT2D eigenvalue weighted by molar-refractivity contribution is 8.26. The first kappa shape index (κ1) is 11.1. The van der Waals surface area contributed by atoms with Gasteiger partial charge in [0.05, 0.1) is 4.90 Å². The van der Waals surface area contributed by atoms with Crippen molar-refractivity contribution in [2.45, 2.75) is 10.4 Å². The van der Waals surface area contributed by atoms with Gasteiger partial charge in [-0.3, -0.25) is 0 Å². The van der Waals surface area contributed by atoms with E-state index in [9.17, 15) is 20.9 Å². The molecule has 2 N–H and O–H groups in total. The van der Waals surface area contributed by atoms with Crippen LogP contribution in [0.3, 0.4) is 0 Å². The third-order valence-electron chi connectivity index (χ3n) is 1.49.